The van der Waals surface area contributed by atoms with Crippen LogP contribution in [0.15, 0.2) is 42.5 Å². The molecule has 1 saturated heterocycles. The predicted molar refractivity (Wildman–Crippen MR) is 176 cm³/mol. The average molecular weight is 646 g/mol. The molecule has 2 aromatic rings. The minimum Gasteiger partial charge on any atom is -0.354 e. The molecule has 0 saturated carbocycles. The highest BCUT2D eigenvalue weighted by Gasteiger charge is 2.32. The van der Waals surface area contributed by atoms with Crippen LogP contribution in [0.2, 0.25) is 10.0 Å². The molecule has 1 aliphatic rings. The van der Waals surface area contributed by atoms with Crippen LogP contribution >= 0.6 is 23.2 Å². The van der Waals surface area contributed by atoms with Gasteiger partial charge in [0.25, 0.3) is 0 Å². The lowest BCUT2D eigenvalue weighted by atomic mass is 9.86. The number of halogens is 2. The molecule has 2 aromatic carbocycles. The summed E-state index contributed by atoms with van der Waals surface area (Å²) in [6, 6.07) is 11.4. The highest BCUT2D eigenvalue weighted by Crippen LogP contribution is 2.25. The van der Waals surface area contributed by atoms with Crippen molar-refractivity contribution in [2.45, 2.75) is 97.2 Å². The summed E-state index contributed by atoms with van der Waals surface area (Å²) in [7, 11) is 0. The molecule has 240 valence electrons. The van der Waals surface area contributed by atoms with Crippen LogP contribution in [0.4, 0.5) is 0 Å². The molecular formula is C34H46Cl2N4O4. The topological polar surface area (TPSA) is 108 Å². The number of hydrogen-bond donors (Lipinski definition) is 3. The van der Waals surface area contributed by atoms with E-state index in [4.69, 9.17) is 23.2 Å². The number of benzene rings is 2. The Hall–Kier alpha value is -3.10. The second kappa shape index (κ2) is 16.3. The lowest BCUT2D eigenvalue weighted by Gasteiger charge is -2.30. The first kappa shape index (κ1) is 35.4. The fraction of sp³-hybridized carbons (Fsp3) is 0.529. The van der Waals surface area contributed by atoms with Crippen molar-refractivity contribution in [1.82, 2.24) is 20.9 Å². The van der Waals surface area contributed by atoms with E-state index in [9.17, 15) is 19.2 Å². The Balaban J connectivity index is 1.99. The van der Waals surface area contributed by atoms with Crippen molar-refractivity contribution < 1.29 is 19.2 Å². The summed E-state index contributed by atoms with van der Waals surface area (Å²) in [6.45, 7) is 10.5. The molecule has 4 amide bonds. The van der Waals surface area contributed by atoms with Crippen LogP contribution in [-0.4, -0.2) is 53.7 Å². The second-order valence-corrected chi connectivity index (χ2v) is 13.4. The number of nitrogens with zero attached hydrogens (tertiary/aromatic N) is 1. The molecule has 0 unspecified atom stereocenters. The third-order valence-electron chi connectivity index (χ3n) is 8.15. The maximum Gasteiger partial charge on any atom is 0.246 e. The van der Waals surface area contributed by atoms with Crippen molar-refractivity contribution in [3.05, 3.63) is 69.2 Å². The Morgan fingerprint density at radius 3 is 2.14 bits per heavy atom. The Kier molecular flexibility index (Phi) is 13.1. The van der Waals surface area contributed by atoms with Crippen molar-refractivity contribution >= 4 is 46.8 Å². The molecule has 0 aliphatic carbocycles. The Morgan fingerprint density at radius 1 is 0.864 bits per heavy atom. The molecule has 0 bridgehead atoms. The molecule has 44 heavy (non-hydrogen) atoms. The molecule has 10 heteroatoms. The van der Waals surface area contributed by atoms with Crippen molar-refractivity contribution in [3.8, 4) is 0 Å². The highest BCUT2D eigenvalue weighted by atomic mass is 35.5. The monoisotopic (exact) mass is 644 g/mol. The van der Waals surface area contributed by atoms with Gasteiger partial charge in [0.1, 0.15) is 12.1 Å². The van der Waals surface area contributed by atoms with E-state index in [0.29, 0.717) is 47.8 Å². The van der Waals surface area contributed by atoms with Crippen LogP contribution in [0.5, 0.6) is 0 Å². The lowest BCUT2D eigenvalue weighted by molar-refractivity contribution is -0.140. The van der Waals surface area contributed by atoms with Gasteiger partial charge in [-0.2, -0.15) is 0 Å². The van der Waals surface area contributed by atoms with E-state index in [1.807, 2.05) is 38.1 Å². The minimum atomic E-state index is -0.904. The summed E-state index contributed by atoms with van der Waals surface area (Å²) >= 11 is 12.4. The number of carbonyl (C=O) groups is 4. The maximum atomic E-state index is 14.2. The number of rotatable bonds is 7. The Bertz CT molecular complexity index is 1310. The second-order valence-electron chi connectivity index (χ2n) is 12.6. The third kappa shape index (κ3) is 10.2. The van der Waals surface area contributed by atoms with Gasteiger partial charge in [-0.05, 0) is 53.0 Å². The van der Waals surface area contributed by atoms with Gasteiger partial charge in [0.15, 0.2) is 0 Å². The van der Waals surface area contributed by atoms with E-state index in [0.717, 1.165) is 11.1 Å². The van der Waals surface area contributed by atoms with Gasteiger partial charge in [0.2, 0.25) is 23.6 Å². The third-order valence-corrected chi connectivity index (χ3v) is 8.88. The molecule has 3 rings (SSSR count). The van der Waals surface area contributed by atoms with Crippen molar-refractivity contribution in [1.29, 1.82) is 0 Å². The fourth-order valence-corrected chi connectivity index (χ4v) is 5.74. The number of carbonyl (C=O) groups excluding carboxylic acids is 4. The minimum absolute atomic E-state index is 0.0294. The lowest BCUT2D eigenvalue weighted by Crippen LogP contribution is -2.55. The van der Waals surface area contributed by atoms with Crippen LogP contribution in [0, 0.1) is 5.92 Å². The van der Waals surface area contributed by atoms with Gasteiger partial charge in [-0.3, -0.25) is 19.2 Å². The molecule has 8 nitrogen and oxygen atoms in total. The average Bonchev–Trinajstić information content (AvgIpc) is 2.97. The molecule has 1 aliphatic heterocycles. The summed E-state index contributed by atoms with van der Waals surface area (Å²) in [5.74, 6) is -1.45. The van der Waals surface area contributed by atoms with Crippen LogP contribution < -0.4 is 16.0 Å². The summed E-state index contributed by atoms with van der Waals surface area (Å²) < 4.78 is 0. The molecule has 1 fully saturated rings. The molecule has 0 spiro atoms. The van der Waals surface area contributed by atoms with Gasteiger partial charge < -0.3 is 20.9 Å². The van der Waals surface area contributed by atoms with E-state index in [1.54, 1.807) is 18.2 Å². The van der Waals surface area contributed by atoms with Gasteiger partial charge in [-0.25, -0.2) is 0 Å². The molecule has 0 radical (unpaired) electrons. The van der Waals surface area contributed by atoms with Crippen LogP contribution in [0.3, 0.4) is 0 Å². The standard InChI is InChI=1S/C34H46Cl2N4O4/c1-6-24(7-2)31-32(43)37-17-9-8-10-29(41)38-28(19-22-11-14-25(15-12-22)34(3,4)5)33(44)40(21-30(42)39-31)20-23-13-16-26(35)27(36)18-23/h11-16,18,24,28,31H,6-10,17,19-21H2,1-5H3,(H,37,43)(H,38,41)(H,39,42)/t28-,31+/m0/s1. The van der Waals surface area contributed by atoms with Gasteiger partial charge >= 0.3 is 0 Å². The fourth-order valence-electron chi connectivity index (χ4n) is 5.42. The van der Waals surface area contributed by atoms with E-state index < -0.39 is 23.9 Å². The van der Waals surface area contributed by atoms with E-state index >= 15 is 0 Å². The largest absolute Gasteiger partial charge is 0.354 e. The molecular weight excluding hydrogens is 599 g/mol. The van der Waals surface area contributed by atoms with E-state index in [1.165, 1.54) is 4.90 Å². The molecule has 2 atom stereocenters. The van der Waals surface area contributed by atoms with Crippen LogP contribution in [0.25, 0.3) is 0 Å². The maximum absolute atomic E-state index is 14.2. The van der Waals surface area contributed by atoms with Crippen molar-refractivity contribution in [3.63, 3.8) is 0 Å². The zero-order valence-corrected chi connectivity index (χ0v) is 28.0. The zero-order chi connectivity index (χ0) is 32.4. The Labute approximate surface area is 271 Å². The Morgan fingerprint density at radius 2 is 1.52 bits per heavy atom. The zero-order valence-electron chi connectivity index (χ0n) is 26.5. The first-order valence-corrected chi connectivity index (χ1v) is 16.3. The van der Waals surface area contributed by atoms with Crippen molar-refractivity contribution in [2.75, 3.05) is 13.1 Å². The smallest absolute Gasteiger partial charge is 0.246 e. The number of nitrogens with one attached hydrogen (secondary N) is 3. The van der Waals surface area contributed by atoms with Gasteiger partial charge in [0, 0.05) is 25.9 Å². The summed E-state index contributed by atoms with van der Waals surface area (Å²) in [4.78, 5) is 55.4. The first-order valence-electron chi connectivity index (χ1n) is 15.5. The van der Waals surface area contributed by atoms with E-state index in [-0.39, 0.29) is 49.1 Å². The molecule has 0 aromatic heterocycles. The van der Waals surface area contributed by atoms with Crippen LogP contribution in [0.1, 0.15) is 83.4 Å². The van der Waals surface area contributed by atoms with Gasteiger partial charge in [-0.1, -0.05) is 101 Å². The van der Waals surface area contributed by atoms with Gasteiger partial charge in [0.05, 0.1) is 16.6 Å². The highest BCUT2D eigenvalue weighted by molar-refractivity contribution is 6.42. The molecule has 3 N–H and O–H groups in total. The summed E-state index contributed by atoms with van der Waals surface area (Å²) in [6.07, 6.45) is 3.01. The number of amides is 4. The predicted octanol–water partition coefficient (Wildman–Crippen LogP) is 5.57. The molecule has 1 heterocycles. The summed E-state index contributed by atoms with van der Waals surface area (Å²) in [5.41, 5.74) is 2.69. The van der Waals surface area contributed by atoms with Crippen LogP contribution in [-0.2, 0) is 37.6 Å². The van der Waals surface area contributed by atoms with Crippen molar-refractivity contribution in [2.24, 2.45) is 5.92 Å². The first-order chi connectivity index (χ1) is 20.8. The normalized spacial score (nSPS) is 19.6. The van der Waals surface area contributed by atoms with Gasteiger partial charge in [-0.15, -0.1) is 0 Å². The van der Waals surface area contributed by atoms with E-state index in [2.05, 4.69) is 36.7 Å². The SMILES string of the molecule is CCC(CC)[C@H]1NC(=O)CN(Cc2ccc(Cl)c(Cl)c2)C(=O)[C@H](Cc2ccc(C(C)(C)C)cc2)NC(=O)CCCCNC1=O. The number of hydrogen-bond acceptors (Lipinski definition) is 4. The quantitative estimate of drug-likeness (QED) is 0.366. The summed E-state index contributed by atoms with van der Waals surface area (Å²) in [5, 5.41) is 9.47.